The number of aryl methyl sites for hydroxylation is 1. The Bertz CT molecular complexity index is 1360. The van der Waals surface area contributed by atoms with Crippen LogP contribution in [-0.4, -0.2) is 5.11 Å². The average Bonchev–Trinajstić information content (AvgIpc) is 2.80. The molecule has 0 bridgehead atoms. The average molecular weight is 394 g/mol. The molecule has 0 unspecified atom stereocenters. The molecule has 0 aromatic heterocycles. The van der Waals surface area contributed by atoms with Gasteiger partial charge in [-0.2, -0.15) is 0 Å². The number of fused-ring (bicyclic) bond motifs is 6. The van der Waals surface area contributed by atoms with Crippen LogP contribution in [0.15, 0.2) is 72.8 Å². The van der Waals surface area contributed by atoms with E-state index in [9.17, 15) is 9.50 Å². The van der Waals surface area contributed by atoms with Crippen molar-refractivity contribution >= 4 is 22.9 Å². The van der Waals surface area contributed by atoms with Gasteiger partial charge in [-0.1, -0.05) is 72.8 Å². The number of phenolic OH excluding ortho intramolecular Hbond substituents is 1. The van der Waals surface area contributed by atoms with Crippen LogP contribution in [0.5, 0.6) is 5.75 Å². The van der Waals surface area contributed by atoms with Crippen molar-refractivity contribution < 1.29 is 9.50 Å². The SMILES string of the molecule is Fc1cccc2c1CC=c1c-2ccc2c1=CCCC2.Oc1cccc2ccccc12. The molecule has 0 amide bonds. The van der Waals surface area contributed by atoms with Gasteiger partial charge in [-0.3, -0.25) is 0 Å². The maximum Gasteiger partial charge on any atom is 0.127 e. The Morgan fingerprint density at radius 2 is 1.57 bits per heavy atom. The van der Waals surface area contributed by atoms with Gasteiger partial charge in [-0.05, 0) is 75.9 Å². The Morgan fingerprint density at radius 3 is 2.47 bits per heavy atom. The first-order chi connectivity index (χ1) is 14.7. The number of hydrogen-bond acceptors (Lipinski definition) is 1. The fraction of sp³-hybridized carbons (Fsp3) is 0.143. The first-order valence-corrected chi connectivity index (χ1v) is 10.5. The van der Waals surface area contributed by atoms with Crippen LogP contribution >= 0.6 is 0 Å². The summed E-state index contributed by atoms with van der Waals surface area (Å²) in [5.41, 5.74) is 4.55. The zero-order valence-corrected chi connectivity index (χ0v) is 16.7. The van der Waals surface area contributed by atoms with E-state index < -0.39 is 0 Å². The first-order valence-electron chi connectivity index (χ1n) is 10.5. The molecule has 1 nitrogen and oxygen atoms in total. The van der Waals surface area contributed by atoms with Crippen LogP contribution in [0.25, 0.3) is 34.1 Å². The smallest absolute Gasteiger partial charge is 0.127 e. The predicted molar refractivity (Wildman–Crippen MR) is 122 cm³/mol. The second-order valence-electron chi connectivity index (χ2n) is 7.87. The van der Waals surface area contributed by atoms with Crippen molar-refractivity contribution in [3.05, 3.63) is 100 Å². The molecule has 2 aliphatic carbocycles. The minimum atomic E-state index is -0.0823. The summed E-state index contributed by atoms with van der Waals surface area (Å²) in [4.78, 5) is 0. The maximum atomic E-state index is 13.9. The number of aromatic hydroxyl groups is 1. The summed E-state index contributed by atoms with van der Waals surface area (Å²) in [7, 11) is 0. The van der Waals surface area contributed by atoms with Gasteiger partial charge in [-0.15, -0.1) is 0 Å². The summed E-state index contributed by atoms with van der Waals surface area (Å²) in [5.74, 6) is 0.268. The van der Waals surface area contributed by atoms with Gasteiger partial charge in [0.1, 0.15) is 11.6 Å². The van der Waals surface area contributed by atoms with E-state index in [0.717, 1.165) is 28.3 Å². The van der Waals surface area contributed by atoms with E-state index in [1.165, 1.54) is 34.4 Å². The Kier molecular flexibility index (Phi) is 4.84. The van der Waals surface area contributed by atoms with Crippen molar-refractivity contribution in [2.75, 3.05) is 0 Å². The second kappa shape index (κ2) is 7.79. The maximum absolute atomic E-state index is 13.9. The van der Waals surface area contributed by atoms with E-state index in [0.29, 0.717) is 12.2 Å². The molecule has 0 atom stereocenters. The van der Waals surface area contributed by atoms with E-state index >= 15 is 0 Å². The van der Waals surface area contributed by atoms with Crippen molar-refractivity contribution in [3.8, 4) is 16.9 Å². The van der Waals surface area contributed by atoms with Gasteiger partial charge >= 0.3 is 0 Å². The number of benzene rings is 4. The number of hydrogen-bond donors (Lipinski definition) is 1. The molecule has 0 saturated carbocycles. The van der Waals surface area contributed by atoms with E-state index in [1.807, 2.05) is 48.5 Å². The van der Waals surface area contributed by atoms with Gasteiger partial charge in [0.2, 0.25) is 0 Å². The van der Waals surface area contributed by atoms with Crippen molar-refractivity contribution in [3.63, 3.8) is 0 Å². The quantitative estimate of drug-likeness (QED) is 0.418. The van der Waals surface area contributed by atoms with Crippen LogP contribution in [0.2, 0.25) is 0 Å². The Balaban J connectivity index is 0.000000149. The summed E-state index contributed by atoms with van der Waals surface area (Å²) >= 11 is 0. The number of rotatable bonds is 0. The fourth-order valence-electron chi connectivity index (χ4n) is 4.57. The van der Waals surface area contributed by atoms with Crippen molar-refractivity contribution in [1.29, 1.82) is 0 Å². The van der Waals surface area contributed by atoms with Crippen LogP contribution < -0.4 is 10.4 Å². The molecule has 6 rings (SSSR count). The zero-order valence-electron chi connectivity index (χ0n) is 16.7. The normalized spacial score (nSPS) is 13.6. The van der Waals surface area contributed by atoms with E-state index in [2.05, 4.69) is 24.3 Å². The molecular formula is C28H23FO. The summed E-state index contributed by atoms with van der Waals surface area (Å²) in [6.07, 6.45) is 8.83. The third kappa shape index (κ3) is 3.29. The van der Waals surface area contributed by atoms with E-state index in [1.54, 1.807) is 12.1 Å². The summed E-state index contributed by atoms with van der Waals surface area (Å²) in [6, 6.07) is 23.1. The van der Waals surface area contributed by atoms with Gasteiger partial charge in [0, 0.05) is 5.39 Å². The molecule has 148 valence electrons. The number of phenols is 1. The largest absolute Gasteiger partial charge is 0.507 e. The Morgan fingerprint density at radius 1 is 0.733 bits per heavy atom. The molecule has 2 heteroatoms. The van der Waals surface area contributed by atoms with Crippen LogP contribution in [0, 0.1) is 5.82 Å². The molecule has 0 fully saturated rings. The highest BCUT2D eigenvalue weighted by molar-refractivity contribution is 5.87. The number of halogens is 1. The van der Waals surface area contributed by atoms with Gasteiger partial charge in [0.05, 0.1) is 0 Å². The molecule has 1 N–H and O–H groups in total. The molecule has 4 aromatic rings. The molecule has 0 aliphatic heterocycles. The molecular weight excluding hydrogens is 371 g/mol. The van der Waals surface area contributed by atoms with Crippen molar-refractivity contribution in [2.24, 2.45) is 0 Å². The highest BCUT2D eigenvalue weighted by Gasteiger charge is 2.16. The molecule has 4 aromatic carbocycles. The lowest BCUT2D eigenvalue weighted by Crippen LogP contribution is -2.34. The van der Waals surface area contributed by atoms with Gasteiger partial charge in [0.25, 0.3) is 0 Å². The van der Waals surface area contributed by atoms with Gasteiger partial charge in [-0.25, -0.2) is 4.39 Å². The molecule has 0 saturated heterocycles. The highest BCUT2D eigenvalue weighted by Crippen LogP contribution is 2.27. The Labute approximate surface area is 175 Å². The standard InChI is InChI=1S/C18H15F.C10H8O/c19-18-7-3-6-14-16-9-8-12-4-1-2-5-13(12)15(16)10-11-17(14)18;11-10-7-3-5-8-4-1-2-6-9(8)10/h3,5-10H,1-2,4,11H2;1-7,11H. The topological polar surface area (TPSA) is 20.2 Å². The van der Waals surface area contributed by atoms with E-state index in [-0.39, 0.29) is 5.82 Å². The molecule has 0 radical (unpaired) electrons. The van der Waals surface area contributed by atoms with Crippen LogP contribution in [-0.2, 0) is 12.8 Å². The molecule has 0 heterocycles. The summed E-state index contributed by atoms with van der Waals surface area (Å²) < 4.78 is 13.9. The minimum absolute atomic E-state index is 0.0823. The second-order valence-corrected chi connectivity index (χ2v) is 7.87. The van der Waals surface area contributed by atoms with Crippen molar-refractivity contribution in [1.82, 2.24) is 0 Å². The van der Waals surface area contributed by atoms with Crippen LogP contribution in [0.1, 0.15) is 24.0 Å². The third-order valence-corrected chi connectivity index (χ3v) is 6.06. The van der Waals surface area contributed by atoms with Gasteiger partial charge < -0.3 is 5.11 Å². The zero-order chi connectivity index (χ0) is 20.5. The van der Waals surface area contributed by atoms with Crippen molar-refractivity contribution in [2.45, 2.75) is 25.7 Å². The van der Waals surface area contributed by atoms with Crippen LogP contribution in [0.4, 0.5) is 4.39 Å². The third-order valence-electron chi connectivity index (χ3n) is 6.06. The van der Waals surface area contributed by atoms with Crippen LogP contribution in [0.3, 0.4) is 0 Å². The van der Waals surface area contributed by atoms with E-state index in [4.69, 9.17) is 0 Å². The highest BCUT2D eigenvalue weighted by atomic mass is 19.1. The fourth-order valence-corrected chi connectivity index (χ4v) is 4.57. The monoisotopic (exact) mass is 394 g/mol. The lowest BCUT2D eigenvalue weighted by atomic mass is 9.87. The summed E-state index contributed by atoms with van der Waals surface area (Å²) in [5, 5.41) is 14.1. The van der Waals surface area contributed by atoms with Gasteiger partial charge in [0.15, 0.2) is 0 Å². The first kappa shape index (κ1) is 18.6. The lowest BCUT2D eigenvalue weighted by Gasteiger charge is -2.18. The predicted octanol–water partition coefficient (Wildman–Crippen LogP) is 5.49. The lowest BCUT2D eigenvalue weighted by molar-refractivity contribution is 0.481. The summed E-state index contributed by atoms with van der Waals surface area (Å²) in [6.45, 7) is 0. The minimum Gasteiger partial charge on any atom is -0.507 e. The molecule has 2 aliphatic rings. The molecule has 30 heavy (non-hydrogen) atoms. The molecule has 0 spiro atoms. The Hall–Kier alpha value is -3.39.